The van der Waals surface area contributed by atoms with E-state index in [9.17, 15) is 14.4 Å². The first-order valence-corrected chi connectivity index (χ1v) is 16.1. The molecule has 1 atom stereocenters. The summed E-state index contributed by atoms with van der Waals surface area (Å²) in [5.74, 6) is 0.615. The van der Waals surface area contributed by atoms with Gasteiger partial charge >= 0.3 is 0 Å². The SMILES string of the molecule is CCN(CC)CCN1CN(c2ccccc2)C2(CCN(C(=O)C(Cc3ccc(OC)cc3)NC(=O)CCCCN)CC2)C1=O. The van der Waals surface area contributed by atoms with E-state index in [4.69, 9.17) is 10.5 Å². The summed E-state index contributed by atoms with van der Waals surface area (Å²) in [5.41, 5.74) is 6.87. The normalized spacial score (nSPS) is 16.9. The van der Waals surface area contributed by atoms with Gasteiger partial charge in [-0.2, -0.15) is 0 Å². The molecule has 10 nitrogen and oxygen atoms in total. The molecule has 2 heterocycles. The monoisotopic (exact) mass is 606 g/mol. The lowest BCUT2D eigenvalue weighted by atomic mass is 9.85. The molecule has 1 unspecified atom stereocenters. The Bertz CT molecular complexity index is 1210. The van der Waals surface area contributed by atoms with Gasteiger partial charge in [0.1, 0.15) is 17.3 Å². The van der Waals surface area contributed by atoms with Gasteiger partial charge in [0.2, 0.25) is 17.7 Å². The number of benzene rings is 2. The number of para-hydroxylation sites is 1. The summed E-state index contributed by atoms with van der Waals surface area (Å²) in [6.07, 6.45) is 3.22. The van der Waals surface area contributed by atoms with Crippen molar-refractivity contribution in [2.45, 2.75) is 64.0 Å². The third kappa shape index (κ3) is 7.90. The highest BCUT2D eigenvalue weighted by molar-refractivity contribution is 5.94. The van der Waals surface area contributed by atoms with Crippen molar-refractivity contribution >= 4 is 23.4 Å². The van der Waals surface area contributed by atoms with Crippen molar-refractivity contribution in [1.82, 2.24) is 20.0 Å². The van der Waals surface area contributed by atoms with Crippen LogP contribution in [0.4, 0.5) is 5.69 Å². The molecule has 240 valence electrons. The number of carbonyl (C=O) groups is 3. The minimum atomic E-state index is -0.696. The first kappa shape index (κ1) is 33.3. The fraction of sp³-hybridized carbons (Fsp3) is 0.559. The summed E-state index contributed by atoms with van der Waals surface area (Å²) < 4.78 is 5.28. The number of nitrogens with one attached hydrogen (secondary N) is 1. The number of nitrogens with two attached hydrogens (primary N) is 1. The molecule has 0 aromatic heterocycles. The smallest absolute Gasteiger partial charge is 0.250 e. The number of piperidine rings is 1. The van der Waals surface area contributed by atoms with Crippen LogP contribution in [0, 0.1) is 0 Å². The minimum Gasteiger partial charge on any atom is -0.497 e. The van der Waals surface area contributed by atoms with Crippen LogP contribution >= 0.6 is 0 Å². The molecule has 0 saturated carbocycles. The van der Waals surface area contributed by atoms with Crippen molar-refractivity contribution in [2.75, 3.05) is 64.5 Å². The number of ether oxygens (including phenoxy) is 1. The van der Waals surface area contributed by atoms with Crippen LogP contribution in [-0.4, -0.2) is 104 Å². The van der Waals surface area contributed by atoms with Crippen LogP contribution in [0.25, 0.3) is 0 Å². The number of likely N-dealkylation sites (N-methyl/N-ethyl adjacent to an activating group) is 1. The van der Waals surface area contributed by atoms with Gasteiger partial charge in [0.25, 0.3) is 0 Å². The maximum Gasteiger partial charge on any atom is 0.250 e. The number of amides is 3. The van der Waals surface area contributed by atoms with Crippen LogP contribution in [0.2, 0.25) is 0 Å². The lowest BCUT2D eigenvalue weighted by molar-refractivity contribution is -0.140. The Hall–Kier alpha value is -3.63. The highest BCUT2D eigenvalue weighted by Crippen LogP contribution is 2.39. The van der Waals surface area contributed by atoms with Crippen LogP contribution in [0.5, 0.6) is 5.75 Å². The molecular weight excluding hydrogens is 556 g/mol. The number of hydrogen-bond donors (Lipinski definition) is 2. The van der Waals surface area contributed by atoms with E-state index in [1.54, 1.807) is 7.11 Å². The maximum atomic E-state index is 14.1. The number of unbranched alkanes of at least 4 members (excludes halogenated alkanes) is 1. The molecule has 2 aromatic rings. The summed E-state index contributed by atoms with van der Waals surface area (Å²) in [7, 11) is 1.62. The van der Waals surface area contributed by atoms with E-state index in [0.717, 1.165) is 43.1 Å². The number of likely N-dealkylation sites (tertiary alicyclic amines) is 1. The molecule has 0 radical (unpaired) electrons. The summed E-state index contributed by atoms with van der Waals surface area (Å²) >= 11 is 0. The van der Waals surface area contributed by atoms with E-state index in [1.807, 2.05) is 52.3 Å². The summed E-state index contributed by atoms with van der Waals surface area (Å²) in [4.78, 5) is 49.3. The molecule has 2 saturated heterocycles. The second-order valence-electron chi connectivity index (χ2n) is 11.8. The molecule has 10 heteroatoms. The zero-order valence-electron chi connectivity index (χ0n) is 26.7. The van der Waals surface area contributed by atoms with Crippen molar-refractivity contribution in [3.63, 3.8) is 0 Å². The zero-order valence-corrected chi connectivity index (χ0v) is 26.7. The quantitative estimate of drug-likeness (QED) is 0.300. The summed E-state index contributed by atoms with van der Waals surface area (Å²) in [6.45, 7) is 9.65. The van der Waals surface area contributed by atoms with E-state index in [1.165, 1.54) is 0 Å². The van der Waals surface area contributed by atoms with Crippen molar-refractivity contribution in [3.05, 3.63) is 60.2 Å². The molecule has 2 aromatic carbocycles. The predicted octanol–water partition coefficient (Wildman–Crippen LogP) is 2.86. The van der Waals surface area contributed by atoms with Crippen LogP contribution in [0.3, 0.4) is 0 Å². The second-order valence-corrected chi connectivity index (χ2v) is 11.8. The molecule has 2 fully saturated rings. The molecule has 0 aliphatic carbocycles. The molecular formula is C34H50N6O4. The predicted molar refractivity (Wildman–Crippen MR) is 173 cm³/mol. The van der Waals surface area contributed by atoms with Gasteiger partial charge in [-0.05, 0) is 75.1 Å². The Morgan fingerprint density at radius 2 is 1.70 bits per heavy atom. The Balaban J connectivity index is 1.50. The van der Waals surface area contributed by atoms with Crippen molar-refractivity contribution in [1.29, 1.82) is 0 Å². The molecule has 0 bridgehead atoms. The van der Waals surface area contributed by atoms with Gasteiger partial charge < -0.3 is 35.4 Å². The first-order valence-electron chi connectivity index (χ1n) is 16.1. The molecule has 2 aliphatic heterocycles. The lowest BCUT2D eigenvalue weighted by Gasteiger charge is -2.44. The van der Waals surface area contributed by atoms with Crippen LogP contribution < -0.4 is 20.7 Å². The maximum absolute atomic E-state index is 14.1. The summed E-state index contributed by atoms with van der Waals surface area (Å²) in [6, 6.07) is 17.0. The Morgan fingerprint density at radius 3 is 2.32 bits per heavy atom. The highest BCUT2D eigenvalue weighted by Gasteiger charge is 2.54. The molecule has 3 amide bonds. The summed E-state index contributed by atoms with van der Waals surface area (Å²) in [5, 5.41) is 3.01. The third-order valence-electron chi connectivity index (χ3n) is 9.15. The van der Waals surface area contributed by atoms with Gasteiger partial charge in [0, 0.05) is 44.7 Å². The minimum absolute atomic E-state index is 0.113. The van der Waals surface area contributed by atoms with Gasteiger partial charge in [0.05, 0.1) is 13.8 Å². The molecule has 44 heavy (non-hydrogen) atoms. The largest absolute Gasteiger partial charge is 0.497 e. The van der Waals surface area contributed by atoms with Crippen molar-refractivity contribution < 1.29 is 19.1 Å². The average Bonchev–Trinajstić information content (AvgIpc) is 3.32. The van der Waals surface area contributed by atoms with Crippen molar-refractivity contribution in [3.8, 4) is 5.75 Å². The van der Waals surface area contributed by atoms with Crippen molar-refractivity contribution in [2.24, 2.45) is 5.73 Å². The van der Waals surface area contributed by atoms with E-state index in [0.29, 0.717) is 65.0 Å². The number of anilines is 1. The first-order chi connectivity index (χ1) is 21.3. The second kappa shape index (κ2) is 15.9. The topological polar surface area (TPSA) is 111 Å². The molecule has 4 rings (SSSR count). The fourth-order valence-corrected chi connectivity index (χ4v) is 6.39. The van der Waals surface area contributed by atoms with Gasteiger partial charge in [-0.1, -0.05) is 44.2 Å². The highest BCUT2D eigenvalue weighted by atomic mass is 16.5. The van der Waals surface area contributed by atoms with Gasteiger partial charge in [-0.3, -0.25) is 14.4 Å². The lowest BCUT2D eigenvalue weighted by Crippen LogP contribution is -2.59. The van der Waals surface area contributed by atoms with E-state index in [-0.39, 0.29) is 17.7 Å². The number of carbonyl (C=O) groups excluding carboxylic acids is 3. The van der Waals surface area contributed by atoms with Gasteiger partial charge in [-0.15, -0.1) is 0 Å². The molecule has 2 aliphatic rings. The van der Waals surface area contributed by atoms with Crippen LogP contribution in [-0.2, 0) is 20.8 Å². The number of rotatable bonds is 15. The molecule has 3 N–H and O–H groups in total. The average molecular weight is 607 g/mol. The number of hydrogen-bond acceptors (Lipinski definition) is 7. The fourth-order valence-electron chi connectivity index (χ4n) is 6.39. The number of methoxy groups -OCH3 is 1. The molecule has 1 spiro atoms. The Morgan fingerprint density at radius 1 is 1.02 bits per heavy atom. The standard InChI is InChI=1S/C34H50N6O4/c1-4-37(5-2)23-24-39-26-40(28-11-7-6-8-12-28)34(33(39)43)18-21-38(22-19-34)32(42)30(36-31(41)13-9-10-20-35)25-27-14-16-29(44-3)17-15-27/h6-8,11-12,14-17,30H,4-5,9-10,13,18-26,35H2,1-3H3,(H,36,41). The van der Waals surface area contributed by atoms with Crippen LogP contribution in [0.1, 0.15) is 51.5 Å². The van der Waals surface area contributed by atoms with E-state index < -0.39 is 11.6 Å². The Kier molecular flexibility index (Phi) is 12.0. The zero-order chi connectivity index (χ0) is 31.5. The van der Waals surface area contributed by atoms with E-state index >= 15 is 0 Å². The third-order valence-corrected chi connectivity index (χ3v) is 9.15. The van der Waals surface area contributed by atoms with Crippen LogP contribution in [0.15, 0.2) is 54.6 Å². The van der Waals surface area contributed by atoms with Gasteiger partial charge in [-0.25, -0.2) is 0 Å². The van der Waals surface area contributed by atoms with E-state index in [2.05, 4.69) is 41.1 Å². The number of nitrogens with zero attached hydrogens (tertiary/aromatic N) is 4. The van der Waals surface area contributed by atoms with Gasteiger partial charge in [0.15, 0.2) is 0 Å². The Labute approximate surface area is 262 Å².